The number of fused-ring (bicyclic) bond motifs is 1. The van der Waals surface area contributed by atoms with Crippen molar-refractivity contribution in [1.29, 1.82) is 0 Å². The summed E-state index contributed by atoms with van der Waals surface area (Å²) >= 11 is 0. The van der Waals surface area contributed by atoms with E-state index in [9.17, 15) is 5.11 Å². The molecular formula is C14H15NO2. The zero-order chi connectivity index (χ0) is 11.7. The highest BCUT2D eigenvalue weighted by Gasteiger charge is 2.15. The van der Waals surface area contributed by atoms with Crippen molar-refractivity contribution in [2.45, 2.75) is 6.04 Å². The third-order valence-corrected chi connectivity index (χ3v) is 3.17. The quantitative estimate of drug-likeness (QED) is 0.787. The van der Waals surface area contributed by atoms with E-state index in [1.807, 2.05) is 12.1 Å². The van der Waals surface area contributed by atoms with Gasteiger partial charge in [0.1, 0.15) is 5.75 Å². The maximum absolute atomic E-state index is 9.42. The van der Waals surface area contributed by atoms with E-state index in [2.05, 4.69) is 17.4 Å². The van der Waals surface area contributed by atoms with E-state index in [1.165, 1.54) is 5.56 Å². The van der Waals surface area contributed by atoms with Gasteiger partial charge < -0.3 is 15.2 Å². The average molecular weight is 229 g/mol. The maximum Gasteiger partial charge on any atom is 0.116 e. The van der Waals surface area contributed by atoms with E-state index < -0.39 is 0 Å². The molecule has 1 fully saturated rings. The number of hydrogen-bond acceptors (Lipinski definition) is 3. The van der Waals surface area contributed by atoms with E-state index in [0.29, 0.717) is 5.75 Å². The summed E-state index contributed by atoms with van der Waals surface area (Å²) in [6.45, 7) is 2.42. The standard InChI is InChI=1S/C14H15NO2/c16-13-4-3-10-7-12(2-1-11(10)8-13)14-9-17-6-5-15-14/h1-4,7-8,14-16H,5-6,9H2/t14-/m1/s1. The van der Waals surface area contributed by atoms with Crippen molar-refractivity contribution in [3.05, 3.63) is 42.0 Å². The van der Waals surface area contributed by atoms with Gasteiger partial charge in [0.25, 0.3) is 0 Å². The Kier molecular flexibility index (Phi) is 2.71. The summed E-state index contributed by atoms with van der Waals surface area (Å²) < 4.78 is 5.47. The van der Waals surface area contributed by atoms with Crippen LogP contribution in [0.1, 0.15) is 11.6 Å². The fourth-order valence-electron chi connectivity index (χ4n) is 2.25. The predicted octanol–water partition coefficient (Wildman–Crippen LogP) is 2.21. The molecule has 0 aromatic heterocycles. The molecule has 0 amide bonds. The van der Waals surface area contributed by atoms with Crippen LogP contribution in [0.2, 0.25) is 0 Å². The lowest BCUT2D eigenvalue weighted by atomic mass is 10.0. The minimum atomic E-state index is 0.280. The molecule has 0 aliphatic carbocycles. The molecule has 1 aliphatic heterocycles. The number of morpholine rings is 1. The van der Waals surface area contributed by atoms with E-state index in [1.54, 1.807) is 12.1 Å². The molecule has 3 rings (SSSR count). The fraction of sp³-hybridized carbons (Fsp3) is 0.286. The SMILES string of the molecule is Oc1ccc2cc([C@H]3COCCN3)ccc2c1. The molecule has 3 heteroatoms. The molecule has 1 aliphatic rings. The van der Waals surface area contributed by atoms with Crippen LogP contribution in [-0.4, -0.2) is 24.9 Å². The van der Waals surface area contributed by atoms with Crippen LogP contribution < -0.4 is 5.32 Å². The normalized spacial score (nSPS) is 20.6. The minimum Gasteiger partial charge on any atom is -0.508 e. The minimum absolute atomic E-state index is 0.280. The second-order valence-corrected chi connectivity index (χ2v) is 4.37. The smallest absolute Gasteiger partial charge is 0.116 e. The average Bonchev–Trinajstić information content (AvgIpc) is 2.39. The summed E-state index contributed by atoms with van der Waals surface area (Å²) in [6, 6.07) is 12.0. The Morgan fingerprint density at radius 1 is 1.12 bits per heavy atom. The molecule has 0 spiro atoms. The molecule has 0 unspecified atom stereocenters. The molecule has 17 heavy (non-hydrogen) atoms. The first-order chi connectivity index (χ1) is 8.33. The summed E-state index contributed by atoms with van der Waals surface area (Å²) in [6.07, 6.45) is 0. The summed E-state index contributed by atoms with van der Waals surface area (Å²) in [5, 5.41) is 15.1. The Morgan fingerprint density at radius 2 is 1.94 bits per heavy atom. The largest absolute Gasteiger partial charge is 0.508 e. The Labute approximate surface area is 100 Å². The van der Waals surface area contributed by atoms with Crippen molar-refractivity contribution in [1.82, 2.24) is 5.32 Å². The van der Waals surface area contributed by atoms with Gasteiger partial charge in [-0.05, 0) is 34.5 Å². The van der Waals surface area contributed by atoms with Gasteiger partial charge in [-0.25, -0.2) is 0 Å². The first-order valence-corrected chi connectivity index (χ1v) is 5.87. The Morgan fingerprint density at radius 3 is 2.76 bits per heavy atom. The van der Waals surface area contributed by atoms with Gasteiger partial charge in [-0.2, -0.15) is 0 Å². The molecule has 1 saturated heterocycles. The van der Waals surface area contributed by atoms with E-state index in [4.69, 9.17) is 4.74 Å². The third kappa shape index (κ3) is 2.12. The first-order valence-electron chi connectivity index (χ1n) is 5.87. The van der Waals surface area contributed by atoms with E-state index in [-0.39, 0.29) is 6.04 Å². The van der Waals surface area contributed by atoms with Crippen LogP contribution in [0.25, 0.3) is 10.8 Å². The highest BCUT2D eigenvalue weighted by molar-refractivity contribution is 5.84. The molecule has 2 N–H and O–H groups in total. The van der Waals surface area contributed by atoms with Gasteiger partial charge in [0.2, 0.25) is 0 Å². The molecule has 0 saturated carbocycles. The molecule has 0 bridgehead atoms. The zero-order valence-corrected chi connectivity index (χ0v) is 9.52. The molecule has 1 atom stereocenters. The van der Waals surface area contributed by atoms with Crippen LogP contribution in [0.5, 0.6) is 5.75 Å². The monoisotopic (exact) mass is 229 g/mol. The van der Waals surface area contributed by atoms with Crippen LogP contribution in [0.15, 0.2) is 36.4 Å². The lowest BCUT2D eigenvalue weighted by molar-refractivity contribution is 0.0769. The summed E-state index contributed by atoms with van der Waals surface area (Å²) in [4.78, 5) is 0. The number of hydrogen-bond donors (Lipinski definition) is 2. The molecule has 88 valence electrons. The van der Waals surface area contributed by atoms with Crippen molar-refractivity contribution in [2.24, 2.45) is 0 Å². The number of benzene rings is 2. The van der Waals surface area contributed by atoms with Crippen LogP contribution in [0.3, 0.4) is 0 Å². The lowest BCUT2D eigenvalue weighted by Crippen LogP contribution is -2.34. The zero-order valence-electron chi connectivity index (χ0n) is 9.52. The first kappa shape index (κ1) is 10.6. The maximum atomic E-state index is 9.42. The molecule has 1 heterocycles. The molecule has 2 aromatic carbocycles. The number of nitrogens with one attached hydrogen (secondary N) is 1. The van der Waals surface area contributed by atoms with Crippen LogP contribution in [0.4, 0.5) is 0 Å². The van der Waals surface area contributed by atoms with Gasteiger partial charge in [-0.3, -0.25) is 0 Å². The molecule has 0 radical (unpaired) electrons. The summed E-state index contributed by atoms with van der Waals surface area (Å²) in [7, 11) is 0. The summed E-state index contributed by atoms with van der Waals surface area (Å²) in [5.74, 6) is 0.310. The fourth-order valence-corrected chi connectivity index (χ4v) is 2.25. The number of ether oxygens (including phenoxy) is 1. The van der Waals surface area contributed by atoms with Gasteiger partial charge in [0.15, 0.2) is 0 Å². The van der Waals surface area contributed by atoms with Gasteiger partial charge in [0.05, 0.1) is 19.3 Å². The topological polar surface area (TPSA) is 41.5 Å². The van der Waals surface area contributed by atoms with Crippen molar-refractivity contribution in [2.75, 3.05) is 19.8 Å². The number of rotatable bonds is 1. The van der Waals surface area contributed by atoms with Gasteiger partial charge in [-0.15, -0.1) is 0 Å². The number of aromatic hydroxyl groups is 1. The second kappa shape index (κ2) is 4.35. The molecular weight excluding hydrogens is 214 g/mol. The van der Waals surface area contributed by atoms with Crippen molar-refractivity contribution in [3.8, 4) is 5.75 Å². The summed E-state index contributed by atoms with van der Waals surface area (Å²) in [5.41, 5.74) is 1.24. The number of phenols is 1. The Hall–Kier alpha value is -1.58. The lowest BCUT2D eigenvalue weighted by Gasteiger charge is -2.24. The predicted molar refractivity (Wildman–Crippen MR) is 67.2 cm³/mol. The number of phenolic OH excluding ortho intramolecular Hbond substituents is 1. The van der Waals surface area contributed by atoms with E-state index in [0.717, 1.165) is 30.5 Å². The van der Waals surface area contributed by atoms with Gasteiger partial charge in [-0.1, -0.05) is 18.2 Å². The Bertz CT molecular complexity index is 533. The van der Waals surface area contributed by atoms with Gasteiger partial charge >= 0.3 is 0 Å². The van der Waals surface area contributed by atoms with Gasteiger partial charge in [0, 0.05) is 6.54 Å². The van der Waals surface area contributed by atoms with Crippen LogP contribution in [-0.2, 0) is 4.74 Å². The van der Waals surface area contributed by atoms with Crippen LogP contribution in [0, 0.1) is 0 Å². The molecule has 2 aromatic rings. The second-order valence-electron chi connectivity index (χ2n) is 4.37. The van der Waals surface area contributed by atoms with E-state index >= 15 is 0 Å². The third-order valence-electron chi connectivity index (χ3n) is 3.17. The van der Waals surface area contributed by atoms with Crippen molar-refractivity contribution < 1.29 is 9.84 Å². The highest BCUT2D eigenvalue weighted by atomic mass is 16.5. The Balaban J connectivity index is 1.98. The van der Waals surface area contributed by atoms with Crippen molar-refractivity contribution in [3.63, 3.8) is 0 Å². The van der Waals surface area contributed by atoms with Crippen molar-refractivity contribution >= 4 is 10.8 Å². The molecule has 3 nitrogen and oxygen atoms in total. The highest BCUT2D eigenvalue weighted by Crippen LogP contribution is 2.24. The van der Waals surface area contributed by atoms with Crippen LogP contribution >= 0.6 is 0 Å².